The van der Waals surface area contributed by atoms with Crippen LogP contribution < -0.4 is 5.32 Å². The maximum atomic E-state index is 14.8. The Morgan fingerprint density at radius 1 is 1.10 bits per heavy atom. The minimum absolute atomic E-state index is 0.193. The number of carbonyl (C=O) groups excluding carboxylic acids is 5. The zero-order valence-corrected chi connectivity index (χ0v) is 34.9. The molecule has 2 aromatic rings. The Morgan fingerprint density at radius 2 is 1.83 bits per heavy atom. The fourth-order valence-electron chi connectivity index (χ4n) is 8.26. The van der Waals surface area contributed by atoms with Gasteiger partial charge in [-0.05, 0) is 77.9 Å². The van der Waals surface area contributed by atoms with Crippen molar-refractivity contribution in [1.29, 1.82) is 0 Å². The number of ketones is 2. The Bertz CT molecular complexity index is 1860. The zero-order valence-electron chi connectivity index (χ0n) is 34.9. The Hall–Kier alpha value is -4.78. The molecule has 3 fully saturated rings. The van der Waals surface area contributed by atoms with Gasteiger partial charge in [0.05, 0.1) is 12.1 Å². The predicted molar refractivity (Wildman–Crippen MR) is 207 cm³/mol. The number of esters is 1. The van der Waals surface area contributed by atoms with Gasteiger partial charge in [0, 0.05) is 23.8 Å². The number of halogens is 1. The summed E-state index contributed by atoms with van der Waals surface area (Å²) in [5.41, 5.74) is -1.20. The predicted octanol–water partition coefficient (Wildman–Crippen LogP) is 4.03. The molecule has 4 heterocycles. The van der Waals surface area contributed by atoms with Crippen LogP contribution in [0.2, 0.25) is 0 Å². The first kappa shape index (κ1) is 45.3. The number of aliphatic hydroxyl groups is 1. The van der Waals surface area contributed by atoms with Crippen LogP contribution in [-0.2, 0) is 42.8 Å². The topological polar surface area (TPSA) is 207 Å². The third-order valence-electron chi connectivity index (χ3n) is 11.5. The molecule has 3 saturated heterocycles. The van der Waals surface area contributed by atoms with Gasteiger partial charge >= 0.3 is 18.2 Å². The summed E-state index contributed by atoms with van der Waals surface area (Å²) in [5.74, 6) is -6.79. The Balaban J connectivity index is 1.47. The number of rotatable bonds is 9. The lowest BCUT2D eigenvalue weighted by molar-refractivity contribution is -0.293. The minimum atomic E-state index is -1.85. The quantitative estimate of drug-likeness (QED) is 0.208. The highest BCUT2D eigenvalue weighted by Gasteiger charge is 2.53. The first-order valence-electron chi connectivity index (χ1n) is 19.9. The van der Waals surface area contributed by atoms with E-state index in [0.717, 1.165) is 0 Å². The van der Waals surface area contributed by atoms with Crippen molar-refractivity contribution >= 4 is 35.9 Å². The highest BCUT2D eigenvalue weighted by atomic mass is 19.1. The molecule has 324 valence electrons. The van der Waals surface area contributed by atoms with Gasteiger partial charge in [-0.1, -0.05) is 39.8 Å². The third kappa shape index (κ3) is 10.3. The van der Waals surface area contributed by atoms with Crippen LogP contribution >= 0.6 is 0 Å². The van der Waals surface area contributed by atoms with E-state index in [4.69, 9.17) is 28.4 Å². The number of carbonyl (C=O) groups is 5. The van der Waals surface area contributed by atoms with Crippen LogP contribution in [0.5, 0.6) is 0 Å². The number of Topliss-reactive ketones (excluding diaryl/α,β-unsaturated/α-hetero) is 2. The summed E-state index contributed by atoms with van der Waals surface area (Å²) in [6.45, 7) is 10.8. The molecule has 59 heavy (non-hydrogen) atoms. The van der Waals surface area contributed by atoms with Crippen LogP contribution in [0.1, 0.15) is 73.3 Å². The van der Waals surface area contributed by atoms with Crippen molar-refractivity contribution in [3.05, 3.63) is 48.3 Å². The van der Waals surface area contributed by atoms with Crippen molar-refractivity contribution < 1.29 is 61.9 Å². The van der Waals surface area contributed by atoms with E-state index in [9.17, 15) is 33.5 Å². The first-order valence-corrected chi connectivity index (χ1v) is 19.9. The number of nitrogens with one attached hydrogen (secondary N) is 1. The summed E-state index contributed by atoms with van der Waals surface area (Å²) in [6.07, 6.45) is -2.22. The molecular weight excluding hydrogens is 773 g/mol. The van der Waals surface area contributed by atoms with Crippen LogP contribution in [-0.4, -0.2) is 130 Å². The van der Waals surface area contributed by atoms with Crippen LogP contribution in [0.25, 0.3) is 11.8 Å². The van der Waals surface area contributed by atoms with Crippen LogP contribution in [0.3, 0.4) is 0 Å². The molecule has 0 bridgehead atoms. The summed E-state index contributed by atoms with van der Waals surface area (Å²) in [4.78, 5) is 74.0. The fourth-order valence-corrected chi connectivity index (χ4v) is 8.26. The molecule has 3 aliphatic heterocycles. The van der Waals surface area contributed by atoms with E-state index in [2.05, 4.69) is 15.4 Å². The van der Waals surface area contributed by atoms with E-state index in [1.54, 1.807) is 40.9 Å². The maximum absolute atomic E-state index is 14.8. The van der Waals surface area contributed by atoms with Gasteiger partial charge in [-0.15, -0.1) is 0 Å². The molecule has 1 aromatic carbocycles. The van der Waals surface area contributed by atoms with E-state index >= 15 is 0 Å². The molecule has 0 spiro atoms. The summed E-state index contributed by atoms with van der Waals surface area (Å²) < 4.78 is 51.6. The van der Waals surface area contributed by atoms with Crippen molar-refractivity contribution in [1.82, 2.24) is 25.0 Å². The van der Waals surface area contributed by atoms with Gasteiger partial charge in [0.2, 0.25) is 0 Å². The van der Waals surface area contributed by atoms with Gasteiger partial charge in [-0.25, -0.2) is 23.6 Å². The van der Waals surface area contributed by atoms with E-state index < -0.39 is 108 Å². The van der Waals surface area contributed by atoms with E-state index in [1.807, 2.05) is 11.8 Å². The second-order valence-corrected chi connectivity index (χ2v) is 16.2. The number of cyclic esters (lactones) is 1. The average molecular weight is 830 g/mol. The summed E-state index contributed by atoms with van der Waals surface area (Å²) in [6, 6.07) is 3.13. The van der Waals surface area contributed by atoms with Crippen molar-refractivity contribution in [2.24, 2.45) is 23.7 Å². The number of likely N-dealkylation sites (N-methyl/N-ethyl adjacent to an activating group) is 1. The van der Waals surface area contributed by atoms with Crippen LogP contribution in [0, 0.1) is 29.5 Å². The molecule has 0 radical (unpaired) electrons. The third-order valence-corrected chi connectivity index (χ3v) is 11.5. The van der Waals surface area contributed by atoms with Gasteiger partial charge in [-0.2, -0.15) is 5.10 Å². The maximum Gasteiger partial charge on any atom is 0.509 e. The lowest BCUT2D eigenvalue weighted by Gasteiger charge is -2.46. The number of amides is 1. The number of aliphatic hydroxyl groups excluding tert-OH is 1. The van der Waals surface area contributed by atoms with Gasteiger partial charge in [0.15, 0.2) is 18.2 Å². The van der Waals surface area contributed by atoms with E-state index in [0.29, 0.717) is 12.0 Å². The molecule has 2 unspecified atom stereocenters. The summed E-state index contributed by atoms with van der Waals surface area (Å²) in [5, 5.41) is 18.1. The molecule has 3 aliphatic rings. The molecule has 1 aromatic heterocycles. The second kappa shape index (κ2) is 19.1. The number of nitrogens with zero attached hydrogens (tertiary/aromatic N) is 4. The van der Waals surface area contributed by atoms with Gasteiger partial charge < -0.3 is 43.7 Å². The SMILES string of the molecule is CC[C@H]1OC(=O)[C@H](C)C(=O)[C@H](C)C(OC2O[C@H](C)C[C@H](N(C)C)[C@H]2O)[C@](C)(OC(=O)OC/C=C/c2ccc(-n3cncn3)c(F)c2)C[C@@H](C)C(=O)[C@H](C)[C@@H]2NC(=O)O[C@@H]21. The molecule has 2 N–H and O–H groups in total. The molecule has 17 nitrogen and oxygen atoms in total. The highest BCUT2D eigenvalue weighted by molar-refractivity contribution is 6.00. The standard InChI is InChI=1S/C41H56FN5O12/c1-10-30-35-31(45-39(52)57-35)23(4)32(48)21(2)18-41(7,59-40(53)54-15-11-12-26-13-14-28(27(42)17-26)47-20-43-19-44-47)36(24(5)33(49)25(6)37(51)56-30)58-38-34(50)29(46(8)9)16-22(3)55-38/h11-14,17,19-25,29-31,34-36,38,50H,10,15-16,18H2,1-9H3,(H,45,52)/b12-11+/t21-,22-,23-,24+,25-,29+,30-,31+,34-,35-,36?,38?,41-/m1/s1. The summed E-state index contributed by atoms with van der Waals surface area (Å²) >= 11 is 0. The molecule has 18 heteroatoms. The van der Waals surface area contributed by atoms with E-state index in [-0.39, 0.29) is 30.9 Å². The normalized spacial score (nSPS) is 34.8. The Labute approximate surface area is 342 Å². The van der Waals surface area contributed by atoms with Crippen LogP contribution in [0.4, 0.5) is 14.0 Å². The van der Waals surface area contributed by atoms with Crippen molar-refractivity contribution in [2.45, 2.75) is 122 Å². The van der Waals surface area contributed by atoms with Crippen molar-refractivity contribution in [3.63, 3.8) is 0 Å². The molecule has 1 amide bonds. The largest absolute Gasteiger partial charge is 0.509 e. The second-order valence-electron chi connectivity index (χ2n) is 16.2. The van der Waals surface area contributed by atoms with Gasteiger partial charge in [0.1, 0.15) is 66.4 Å². The molecule has 5 rings (SSSR count). The lowest BCUT2D eigenvalue weighted by atomic mass is 9.75. The number of aromatic nitrogens is 3. The number of alkyl carbamates (subject to hydrolysis) is 1. The Morgan fingerprint density at radius 3 is 2.47 bits per heavy atom. The number of benzene rings is 1. The van der Waals surface area contributed by atoms with Gasteiger partial charge in [-0.3, -0.25) is 14.4 Å². The molecule has 0 aliphatic carbocycles. The van der Waals surface area contributed by atoms with Gasteiger partial charge in [0.25, 0.3) is 0 Å². The number of ether oxygens (including phenoxy) is 6. The molecule has 13 atom stereocenters. The van der Waals surface area contributed by atoms with Crippen molar-refractivity contribution in [3.8, 4) is 5.69 Å². The monoisotopic (exact) mass is 829 g/mol. The number of hydrogen-bond donors (Lipinski definition) is 2. The van der Waals surface area contributed by atoms with E-state index in [1.165, 1.54) is 62.4 Å². The highest BCUT2D eigenvalue weighted by Crippen LogP contribution is 2.38. The van der Waals surface area contributed by atoms with Crippen molar-refractivity contribution in [2.75, 3.05) is 20.7 Å². The minimum Gasteiger partial charge on any atom is -0.458 e. The number of fused-ring (bicyclic) bond motifs is 1. The summed E-state index contributed by atoms with van der Waals surface area (Å²) in [7, 11) is 3.60. The average Bonchev–Trinajstić information content (AvgIpc) is 3.87. The number of hydrogen-bond acceptors (Lipinski definition) is 15. The van der Waals surface area contributed by atoms with Crippen LogP contribution in [0.15, 0.2) is 36.9 Å². The lowest BCUT2D eigenvalue weighted by Crippen LogP contribution is -2.60. The smallest absolute Gasteiger partial charge is 0.458 e. The fraction of sp³-hybridized carbons (Fsp3) is 0.634. The molecule has 0 saturated carbocycles. The zero-order chi connectivity index (χ0) is 43.3. The Kier molecular flexibility index (Phi) is 14.6. The first-order chi connectivity index (χ1) is 27.8. The molecular formula is C41H56FN5O12.